The molecule has 208 valence electrons. The van der Waals surface area contributed by atoms with Gasteiger partial charge in [-0.15, -0.1) is 0 Å². The Balaban J connectivity index is 1.89. The van der Waals surface area contributed by atoms with Gasteiger partial charge in [0, 0.05) is 62.6 Å². The number of β-amino-alcohol motifs (C(OH)–C–C–N with tert-alkyl or cyclic N) is 1. The minimum Gasteiger partial charge on any atom is -0.390 e. The van der Waals surface area contributed by atoms with Crippen molar-refractivity contribution in [1.82, 2.24) is 15.3 Å². The molecular formula is C30H45N5O3. The SMILES string of the molecule is CCNc1cc(C(=O)N[C@@H](Cc2ccccc2)[C@H](O)CN(N(C)C)C(C)(C)CC)cc(N2CCCC2=O)c1. The van der Waals surface area contributed by atoms with E-state index < -0.39 is 12.1 Å². The van der Waals surface area contributed by atoms with Gasteiger partial charge in [-0.05, 0) is 63.8 Å². The van der Waals surface area contributed by atoms with Gasteiger partial charge >= 0.3 is 0 Å². The number of nitrogens with zero attached hydrogens (tertiary/aromatic N) is 3. The van der Waals surface area contributed by atoms with Gasteiger partial charge in [0.1, 0.15) is 0 Å². The van der Waals surface area contributed by atoms with Crippen molar-refractivity contribution < 1.29 is 14.7 Å². The summed E-state index contributed by atoms with van der Waals surface area (Å²) in [6.45, 7) is 10.1. The molecule has 8 nitrogen and oxygen atoms in total. The molecule has 1 aliphatic rings. The number of carbonyl (C=O) groups is 2. The van der Waals surface area contributed by atoms with E-state index in [1.54, 1.807) is 17.0 Å². The monoisotopic (exact) mass is 523 g/mol. The van der Waals surface area contributed by atoms with Gasteiger partial charge < -0.3 is 20.6 Å². The molecule has 1 fully saturated rings. The fourth-order valence-corrected chi connectivity index (χ4v) is 4.97. The van der Waals surface area contributed by atoms with E-state index in [0.717, 1.165) is 29.8 Å². The van der Waals surface area contributed by atoms with Crippen LogP contribution in [0, 0.1) is 0 Å². The fraction of sp³-hybridized carbons (Fsp3) is 0.533. The third kappa shape index (κ3) is 7.56. The van der Waals surface area contributed by atoms with Crippen molar-refractivity contribution in [2.75, 3.05) is 43.9 Å². The van der Waals surface area contributed by atoms with Crippen molar-refractivity contribution in [3.63, 3.8) is 0 Å². The molecule has 2 amide bonds. The highest BCUT2D eigenvalue weighted by Crippen LogP contribution is 2.27. The van der Waals surface area contributed by atoms with E-state index in [-0.39, 0.29) is 17.4 Å². The third-order valence-electron chi connectivity index (χ3n) is 7.43. The topological polar surface area (TPSA) is 88.1 Å². The van der Waals surface area contributed by atoms with Crippen molar-refractivity contribution in [2.45, 2.75) is 71.1 Å². The first-order chi connectivity index (χ1) is 18.1. The first-order valence-electron chi connectivity index (χ1n) is 13.7. The number of rotatable bonds is 13. The Kier molecular flexibility index (Phi) is 10.3. The van der Waals surface area contributed by atoms with Crippen LogP contribution in [0.4, 0.5) is 11.4 Å². The molecule has 8 heteroatoms. The summed E-state index contributed by atoms with van der Waals surface area (Å²) in [7, 11) is 3.95. The van der Waals surface area contributed by atoms with Crippen LogP contribution in [0.5, 0.6) is 0 Å². The Bertz CT molecular complexity index is 1070. The average Bonchev–Trinajstić information content (AvgIpc) is 3.32. The average molecular weight is 524 g/mol. The van der Waals surface area contributed by atoms with E-state index in [0.29, 0.717) is 38.0 Å². The lowest BCUT2D eigenvalue weighted by Gasteiger charge is -2.44. The molecule has 0 unspecified atom stereocenters. The van der Waals surface area contributed by atoms with E-state index in [2.05, 4.69) is 36.4 Å². The van der Waals surface area contributed by atoms with Crippen molar-refractivity contribution in [1.29, 1.82) is 0 Å². The van der Waals surface area contributed by atoms with Crippen molar-refractivity contribution in [3.8, 4) is 0 Å². The predicted octanol–water partition coefficient (Wildman–Crippen LogP) is 3.91. The number of aliphatic hydroxyl groups is 1. The lowest BCUT2D eigenvalue weighted by molar-refractivity contribution is -0.117. The smallest absolute Gasteiger partial charge is 0.251 e. The summed E-state index contributed by atoms with van der Waals surface area (Å²) < 4.78 is 0. The van der Waals surface area contributed by atoms with Gasteiger partial charge in [0.15, 0.2) is 0 Å². The summed E-state index contributed by atoms with van der Waals surface area (Å²) in [6.07, 6.45) is 1.92. The van der Waals surface area contributed by atoms with Crippen LogP contribution in [0.15, 0.2) is 48.5 Å². The van der Waals surface area contributed by atoms with Crippen LogP contribution in [-0.4, -0.2) is 78.4 Å². The van der Waals surface area contributed by atoms with Crippen LogP contribution in [0.1, 0.15) is 62.9 Å². The zero-order valence-electron chi connectivity index (χ0n) is 23.8. The van der Waals surface area contributed by atoms with Crippen LogP contribution >= 0.6 is 0 Å². The lowest BCUT2D eigenvalue weighted by atomic mass is 9.97. The van der Waals surface area contributed by atoms with E-state index in [9.17, 15) is 14.7 Å². The number of carbonyl (C=O) groups excluding carboxylic acids is 2. The van der Waals surface area contributed by atoms with Gasteiger partial charge in [-0.1, -0.05) is 37.3 Å². The molecule has 2 atom stereocenters. The molecule has 3 rings (SSSR count). The molecule has 1 saturated heterocycles. The van der Waals surface area contributed by atoms with Crippen LogP contribution in [0.25, 0.3) is 0 Å². The quantitative estimate of drug-likeness (QED) is 0.345. The van der Waals surface area contributed by atoms with Gasteiger partial charge in [-0.2, -0.15) is 0 Å². The van der Waals surface area contributed by atoms with E-state index in [1.807, 2.05) is 62.4 Å². The third-order valence-corrected chi connectivity index (χ3v) is 7.43. The number of aliphatic hydroxyl groups excluding tert-OH is 1. The Labute approximate surface area is 228 Å². The number of amides is 2. The molecule has 3 N–H and O–H groups in total. The highest BCUT2D eigenvalue weighted by molar-refractivity contribution is 6.00. The molecule has 38 heavy (non-hydrogen) atoms. The Morgan fingerprint density at radius 2 is 1.84 bits per heavy atom. The van der Waals surface area contributed by atoms with Crippen LogP contribution in [0.2, 0.25) is 0 Å². The molecule has 1 heterocycles. The summed E-state index contributed by atoms with van der Waals surface area (Å²) in [4.78, 5) is 27.8. The number of hydrogen-bond acceptors (Lipinski definition) is 6. The lowest BCUT2D eigenvalue weighted by Crippen LogP contribution is -2.57. The summed E-state index contributed by atoms with van der Waals surface area (Å²) in [5.41, 5.74) is 2.84. The van der Waals surface area contributed by atoms with Crippen LogP contribution in [-0.2, 0) is 11.2 Å². The number of hydrogen-bond donors (Lipinski definition) is 3. The molecule has 2 aromatic rings. The molecule has 0 bridgehead atoms. The Morgan fingerprint density at radius 1 is 1.13 bits per heavy atom. The summed E-state index contributed by atoms with van der Waals surface area (Å²) in [6, 6.07) is 14.9. The maximum absolute atomic E-state index is 13.7. The summed E-state index contributed by atoms with van der Waals surface area (Å²) >= 11 is 0. The minimum atomic E-state index is -0.816. The molecule has 0 aliphatic carbocycles. The summed E-state index contributed by atoms with van der Waals surface area (Å²) in [5, 5.41) is 22.1. The molecule has 1 aliphatic heterocycles. The first-order valence-corrected chi connectivity index (χ1v) is 13.7. The van der Waals surface area contributed by atoms with Gasteiger partial charge in [0.05, 0.1) is 12.1 Å². The van der Waals surface area contributed by atoms with Gasteiger partial charge in [-0.25, -0.2) is 10.0 Å². The second kappa shape index (κ2) is 13.2. The zero-order chi connectivity index (χ0) is 27.9. The van der Waals surface area contributed by atoms with Crippen LogP contribution in [0.3, 0.4) is 0 Å². The number of benzene rings is 2. The molecule has 2 aromatic carbocycles. The van der Waals surface area contributed by atoms with E-state index in [1.165, 1.54) is 0 Å². The number of hydrazine groups is 1. The van der Waals surface area contributed by atoms with Gasteiger partial charge in [0.25, 0.3) is 5.91 Å². The van der Waals surface area contributed by atoms with Crippen molar-refractivity contribution in [2.24, 2.45) is 0 Å². The predicted molar refractivity (Wildman–Crippen MR) is 154 cm³/mol. The van der Waals surface area contributed by atoms with Gasteiger partial charge in [0.2, 0.25) is 5.91 Å². The Hall–Kier alpha value is -2.94. The van der Waals surface area contributed by atoms with Gasteiger partial charge in [-0.3, -0.25) is 9.59 Å². The molecule has 0 radical (unpaired) electrons. The number of nitrogens with one attached hydrogen (secondary N) is 2. The van der Waals surface area contributed by atoms with Crippen molar-refractivity contribution in [3.05, 3.63) is 59.7 Å². The zero-order valence-corrected chi connectivity index (χ0v) is 23.8. The maximum Gasteiger partial charge on any atom is 0.251 e. The Morgan fingerprint density at radius 3 is 2.42 bits per heavy atom. The number of anilines is 2. The summed E-state index contributed by atoms with van der Waals surface area (Å²) in [5.74, 6) is -0.200. The molecule has 0 saturated carbocycles. The van der Waals surface area contributed by atoms with E-state index >= 15 is 0 Å². The second-order valence-electron chi connectivity index (χ2n) is 10.9. The standard InChI is InChI=1S/C30H45N5O3/c1-7-30(3,4)35(33(5)6)21-27(36)26(17-22-13-10-9-11-14-22)32-29(38)23-18-24(31-8-2)20-25(19-23)34-16-12-15-28(34)37/h9-11,13-14,18-20,26-27,31,36H,7-8,12,15-17,21H2,1-6H3,(H,32,38)/t26-,27+/m0/s1. The van der Waals surface area contributed by atoms with Crippen molar-refractivity contribution >= 4 is 23.2 Å². The molecule has 0 aromatic heterocycles. The highest BCUT2D eigenvalue weighted by Gasteiger charge is 2.32. The van der Waals surface area contributed by atoms with E-state index in [4.69, 9.17) is 0 Å². The second-order valence-corrected chi connectivity index (χ2v) is 10.9. The maximum atomic E-state index is 13.7. The molecule has 0 spiro atoms. The molecular weight excluding hydrogens is 478 g/mol. The highest BCUT2D eigenvalue weighted by atomic mass is 16.3. The largest absolute Gasteiger partial charge is 0.390 e. The van der Waals surface area contributed by atoms with Crippen LogP contribution < -0.4 is 15.5 Å². The minimum absolute atomic E-state index is 0.0738. The first kappa shape index (κ1) is 29.6. The normalized spacial score (nSPS) is 15.7. The fourth-order valence-electron chi connectivity index (χ4n) is 4.97.